The highest BCUT2D eigenvalue weighted by Gasteiger charge is 2.16. The third kappa shape index (κ3) is 9.35. The Morgan fingerprint density at radius 1 is 1.26 bits per heavy atom. The van der Waals surface area contributed by atoms with E-state index in [0.717, 1.165) is 12.2 Å². The smallest absolute Gasteiger partial charge is 0.321 e. The van der Waals surface area contributed by atoms with Crippen molar-refractivity contribution < 1.29 is 19.5 Å². The minimum absolute atomic E-state index is 0.0268. The number of urea groups is 1. The molecule has 0 bridgehead atoms. The average molecular weight is 290 g/mol. The van der Waals surface area contributed by atoms with Crippen LogP contribution in [-0.2, 0) is 9.59 Å². The number of carbonyl (C=O) groups is 3. The monoisotopic (exact) mass is 290 g/mol. The molecule has 19 heavy (non-hydrogen) atoms. The molecule has 0 fully saturated rings. The highest BCUT2D eigenvalue weighted by Crippen LogP contribution is 2.07. The number of imide groups is 1. The molecule has 2 unspecified atom stereocenters. The Morgan fingerprint density at radius 3 is 2.37 bits per heavy atom. The molecule has 3 N–H and O–H groups in total. The van der Waals surface area contributed by atoms with Gasteiger partial charge in [0.05, 0.1) is 0 Å². The van der Waals surface area contributed by atoms with Crippen molar-refractivity contribution in [3.05, 3.63) is 0 Å². The summed E-state index contributed by atoms with van der Waals surface area (Å²) in [4.78, 5) is 33.5. The second kappa shape index (κ2) is 9.66. The third-order valence-corrected chi connectivity index (χ3v) is 3.24. The number of nitrogens with one attached hydrogen (secondary N) is 2. The van der Waals surface area contributed by atoms with Crippen LogP contribution in [0.15, 0.2) is 0 Å². The van der Waals surface area contributed by atoms with Gasteiger partial charge < -0.3 is 10.4 Å². The zero-order valence-corrected chi connectivity index (χ0v) is 12.4. The van der Waals surface area contributed by atoms with Crippen molar-refractivity contribution in [2.75, 3.05) is 12.0 Å². The molecule has 0 radical (unpaired) electrons. The number of carboxylic acids is 1. The number of thioether (sulfide) groups is 1. The summed E-state index contributed by atoms with van der Waals surface area (Å²) in [5.74, 6) is -0.910. The topological polar surface area (TPSA) is 95.5 Å². The molecule has 0 aromatic carbocycles. The molecule has 0 aliphatic heterocycles. The number of amides is 3. The van der Waals surface area contributed by atoms with E-state index in [4.69, 9.17) is 5.11 Å². The van der Waals surface area contributed by atoms with E-state index in [2.05, 4.69) is 10.6 Å². The standard InChI is InChI=1S/C12H22N2O4S/c1-4-9(7-19-3)13-12(18)14-10(15)5-8(2)6-11(16)17/h8-9H,4-7H2,1-3H3,(H,16,17)(H2,13,14,15,18). The molecule has 0 aliphatic rings. The van der Waals surface area contributed by atoms with Gasteiger partial charge in [0.25, 0.3) is 0 Å². The lowest BCUT2D eigenvalue weighted by atomic mass is 10.0. The van der Waals surface area contributed by atoms with Gasteiger partial charge in [-0.3, -0.25) is 14.9 Å². The van der Waals surface area contributed by atoms with E-state index in [9.17, 15) is 14.4 Å². The van der Waals surface area contributed by atoms with Crippen LogP contribution in [-0.4, -0.2) is 41.1 Å². The van der Waals surface area contributed by atoms with Crippen LogP contribution in [0.2, 0.25) is 0 Å². The summed E-state index contributed by atoms with van der Waals surface area (Å²) < 4.78 is 0. The van der Waals surface area contributed by atoms with Crippen LogP contribution in [0.5, 0.6) is 0 Å². The van der Waals surface area contributed by atoms with Gasteiger partial charge in [-0.15, -0.1) is 0 Å². The van der Waals surface area contributed by atoms with Gasteiger partial charge in [0.2, 0.25) is 5.91 Å². The molecule has 0 rings (SSSR count). The molecule has 0 heterocycles. The van der Waals surface area contributed by atoms with Crippen LogP contribution in [0, 0.1) is 5.92 Å². The second-order valence-electron chi connectivity index (χ2n) is 4.49. The molecule has 0 saturated carbocycles. The number of carbonyl (C=O) groups excluding carboxylic acids is 2. The fourth-order valence-corrected chi connectivity index (χ4v) is 2.27. The molecule has 110 valence electrons. The van der Waals surface area contributed by atoms with E-state index in [1.807, 2.05) is 13.2 Å². The first kappa shape index (κ1) is 17.8. The molecule has 3 amide bonds. The summed E-state index contributed by atoms with van der Waals surface area (Å²) in [5.41, 5.74) is 0. The number of hydrogen-bond acceptors (Lipinski definition) is 4. The molecule has 0 aromatic heterocycles. The number of hydrogen-bond donors (Lipinski definition) is 3. The van der Waals surface area contributed by atoms with Crippen molar-refractivity contribution in [2.45, 2.75) is 39.2 Å². The van der Waals surface area contributed by atoms with Crippen LogP contribution >= 0.6 is 11.8 Å². The van der Waals surface area contributed by atoms with Gasteiger partial charge in [0.15, 0.2) is 0 Å². The highest BCUT2D eigenvalue weighted by molar-refractivity contribution is 7.98. The third-order valence-electron chi connectivity index (χ3n) is 2.51. The molecule has 0 aliphatic carbocycles. The Morgan fingerprint density at radius 2 is 1.89 bits per heavy atom. The van der Waals surface area contributed by atoms with Crippen LogP contribution < -0.4 is 10.6 Å². The van der Waals surface area contributed by atoms with E-state index >= 15 is 0 Å². The van der Waals surface area contributed by atoms with E-state index in [0.29, 0.717) is 0 Å². The van der Waals surface area contributed by atoms with Gasteiger partial charge in [-0.2, -0.15) is 11.8 Å². The highest BCUT2D eigenvalue weighted by atomic mass is 32.2. The van der Waals surface area contributed by atoms with Gasteiger partial charge in [-0.1, -0.05) is 13.8 Å². The quantitative estimate of drug-likeness (QED) is 0.629. The molecular weight excluding hydrogens is 268 g/mol. The Hall–Kier alpha value is -1.24. The Bertz CT molecular complexity index is 323. The minimum Gasteiger partial charge on any atom is -0.481 e. The van der Waals surface area contributed by atoms with Crippen molar-refractivity contribution >= 4 is 29.7 Å². The fourth-order valence-electron chi connectivity index (χ4n) is 1.55. The minimum atomic E-state index is -0.948. The summed E-state index contributed by atoms with van der Waals surface area (Å²) in [6.07, 6.45) is 2.68. The maximum atomic E-state index is 11.5. The predicted molar refractivity (Wildman–Crippen MR) is 75.2 cm³/mol. The largest absolute Gasteiger partial charge is 0.481 e. The Kier molecular flexibility index (Phi) is 9.03. The molecule has 2 atom stereocenters. The van der Waals surface area contributed by atoms with Crippen molar-refractivity contribution in [1.82, 2.24) is 10.6 Å². The van der Waals surface area contributed by atoms with Crippen molar-refractivity contribution in [3.8, 4) is 0 Å². The lowest BCUT2D eigenvalue weighted by Gasteiger charge is -2.16. The molecule has 0 aromatic rings. The van der Waals surface area contributed by atoms with Crippen molar-refractivity contribution in [2.24, 2.45) is 5.92 Å². The van der Waals surface area contributed by atoms with E-state index in [1.54, 1.807) is 18.7 Å². The lowest BCUT2D eigenvalue weighted by Crippen LogP contribution is -2.45. The first-order valence-corrected chi connectivity index (χ1v) is 7.59. The van der Waals surface area contributed by atoms with E-state index in [-0.39, 0.29) is 24.8 Å². The van der Waals surface area contributed by atoms with E-state index in [1.165, 1.54) is 0 Å². The first-order valence-electron chi connectivity index (χ1n) is 6.20. The Labute approximate surface area is 117 Å². The zero-order valence-electron chi connectivity index (χ0n) is 11.6. The number of aliphatic carboxylic acids is 1. The molecule has 0 saturated heterocycles. The number of carboxylic acid groups (broad SMARTS) is 1. The van der Waals surface area contributed by atoms with Gasteiger partial charge >= 0.3 is 12.0 Å². The Balaban J connectivity index is 4.04. The van der Waals surface area contributed by atoms with E-state index < -0.39 is 17.9 Å². The summed E-state index contributed by atoms with van der Waals surface area (Å²) >= 11 is 1.62. The van der Waals surface area contributed by atoms with Crippen LogP contribution in [0.3, 0.4) is 0 Å². The fraction of sp³-hybridized carbons (Fsp3) is 0.750. The average Bonchev–Trinajstić information content (AvgIpc) is 2.26. The normalized spacial score (nSPS) is 13.4. The van der Waals surface area contributed by atoms with Crippen molar-refractivity contribution in [1.29, 1.82) is 0 Å². The van der Waals surface area contributed by atoms with Gasteiger partial charge in [-0.25, -0.2) is 4.79 Å². The first-order chi connectivity index (χ1) is 8.88. The molecule has 7 heteroatoms. The molecular formula is C12H22N2O4S. The predicted octanol–water partition coefficient (Wildman–Crippen LogP) is 1.45. The van der Waals surface area contributed by atoms with Crippen molar-refractivity contribution in [3.63, 3.8) is 0 Å². The molecule has 0 spiro atoms. The second-order valence-corrected chi connectivity index (χ2v) is 5.40. The van der Waals surface area contributed by atoms with Gasteiger partial charge in [-0.05, 0) is 18.6 Å². The van der Waals surface area contributed by atoms with Crippen LogP contribution in [0.4, 0.5) is 4.79 Å². The maximum Gasteiger partial charge on any atom is 0.321 e. The summed E-state index contributed by atoms with van der Waals surface area (Å²) in [7, 11) is 0. The zero-order chi connectivity index (χ0) is 14.8. The summed E-state index contributed by atoms with van der Waals surface area (Å²) in [5, 5.41) is 13.5. The lowest BCUT2D eigenvalue weighted by molar-refractivity contribution is -0.138. The summed E-state index contributed by atoms with van der Waals surface area (Å²) in [6, 6.07) is -0.493. The van der Waals surface area contributed by atoms with Gasteiger partial charge in [0.1, 0.15) is 0 Å². The van der Waals surface area contributed by atoms with Crippen LogP contribution in [0.25, 0.3) is 0 Å². The van der Waals surface area contributed by atoms with Gasteiger partial charge in [0, 0.05) is 24.6 Å². The molecule has 6 nitrogen and oxygen atoms in total. The summed E-state index contributed by atoms with van der Waals surface area (Å²) in [6.45, 7) is 3.62. The maximum absolute atomic E-state index is 11.5. The SMILES string of the molecule is CCC(CSC)NC(=O)NC(=O)CC(C)CC(=O)O. The van der Waals surface area contributed by atoms with Crippen LogP contribution in [0.1, 0.15) is 33.1 Å². The number of rotatable bonds is 8.